The van der Waals surface area contributed by atoms with E-state index in [1.165, 1.54) is 44.2 Å². The third-order valence-electron chi connectivity index (χ3n) is 8.44. The fourth-order valence-corrected chi connectivity index (χ4v) is 6.45. The van der Waals surface area contributed by atoms with Gasteiger partial charge in [0, 0.05) is 33.6 Å². The molecule has 0 saturated heterocycles. The number of nitrogens with zero attached hydrogens (tertiary/aromatic N) is 1. The molecule has 3 aromatic carbocycles. The van der Waals surface area contributed by atoms with Crippen LogP contribution in [0.2, 0.25) is 0 Å². The molecule has 2 aliphatic carbocycles. The van der Waals surface area contributed by atoms with Crippen molar-refractivity contribution in [1.29, 1.82) is 0 Å². The molecule has 0 radical (unpaired) electrons. The Morgan fingerprint density at radius 3 is 2.56 bits per heavy atom. The number of para-hydroxylation sites is 2. The van der Waals surface area contributed by atoms with Gasteiger partial charge in [-0.15, -0.1) is 0 Å². The lowest BCUT2D eigenvalue weighted by Crippen LogP contribution is -2.27. The minimum atomic E-state index is -0.203. The van der Waals surface area contributed by atoms with Crippen molar-refractivity contribution in [2.24, 2.45) is 11.8 Å². The summed E-state index contributed by atoms with van der Waals surface area (Å²) in [6.07, 6.45) is 17.0. The Kier molecular flexibility index (Phi) is 4.63. The number of carbonyl (C=O) groups is 1. The normalized spacial score (nSPS) is 21.6. The molecule has 7 rings (SSSR count). The van der Waals surface area contributed by atoms with Crippen LogP contribution in [0, 0.1) is 11.8 Å². The van der Waals surface area contributed by atoms with E-state index in [1.807, 2.05) is 6.07 Å². The molecule has 4 aromatic rings. The summed E-state index contributed by atoms with van der Waals surface area (Å²) in [7, 11) is 0. The van der Waals surface area contributed by atoms with Gasteiger partial charge in [-0.25, -0.2) is 0 Å². The van der Waals surface area contributed by atoms with Gasteiger partial charge in [-0.2, -0.15) is 0 Å². The minimum absolute atomic E-state index is 0.104. The van der Waals surface area contributed by atoms with E-state index in [2.05, 4.69) is 116 Å². The lowest BCUT2D eigenvalue weighted by Gasteiger charge is -2.35. The van der Waals surface area contributed by atoms with Crippen LogP contribution < -0.4 is 0 Å². The molecular weight excluding hydrogens is 438 g/mol. The SMILES string of the molecule is CC1(C)c2cc(C(=O)C3C=CC(C4C=CC=CC4)=CC3)ccc2-n2c3ccccc3c3cccc1c32. The van der Waals surface area contributed by atoms with Crippen LogP contribution >= 0.6 is 0 Å². The van der Waals surface area contributed by atoms with Crippen molar-refractivity contribution in [3.8, 4) is 5.69 Å². The van der Waals surface area contributed by atoms with Crippen LogP contribution in [0.25, 0.3) is 27.5 Å². The summed E-state index contributed by atoms with van der Waals surface area (Å²) >= 11 is 0. The highest BCUT2D eigenvalue weighted by Crippen LogP contribution is 2.47. The molecule has 36 heavy (non-hydrogen) atoms. The Morgan fingerprint density at radius 2 is 1.75 bits per heavy atom. The maximum atomic E-state index is 13.7. The van der Waals surface area contributed by atoms with E-state index in [1.54, 1.807) is 0 Å². The number of carbonyl (C=O) groups excluding carboxylic acids is 1. The van der Waals surface area contributed by atoms with Crippen molar-refractivity contribution in [3.05, 3.63) is 125 Å². The summed E-state index contributed by atoms with van der Waals surface area (Å²) in [5.74, 6) is 0.536. The first-order chi connectivity index (χ1) is 17.5. The molecule has 3 aliphatic rings. The second kappa shape index (κ2) is 7.80. The fraction of sp³-hybridized carbons (Fsp3) is 0.206. The molecule has 0 fully saturated rings. The van der Waals surface area contributed by atoms with Crippen molar-refractivity contribution < 1.29 is 4.79 Å². The standard InChI is InChI=1S/C34H29NO/c1-34(2)28-13-8-12-27-26-11-6-7-14-30(26)35(32(27)28)31-20-19-25(21-29(31)34)33(36)24-17-15-23(16-18-24)22-9-4-3-5-10-22/h3-9,11-17,19-22,24H,10,18H2,1-2H3. The molecule has 1 aromatic heterocycles. The number of allylic oxidation sites excluding steroid dienone is 8. The first-order valence-corrected chi connectivity index (χ1v) is 13.0. The molecule has 2 nitrogen and oxygen atoms in total. The maximum Gasteiger partial charge on any atom is 0.170 e. The summed E-state index contributed by atoms with van der Waals surface area (Å²) in [6, 6.07) is 21.7. The average molecular weight is 468 g/mol. The van der Waals surface area contributed by atoms with E-state index in [0.29, 0.717) is 5.92 Å². The van der Waals surface area contributed by atoms with E-state index >= 15 is 0 Å². The predicted octanol–water partition coefficient (Wildman–Crippen LogP) is 8.24. The molecule has 2 unspecified atom stereocenters. The maximum absolute atomic E-state index is 13.7. The van der Waals surface area contributed by atoms with E-state index < -0.39 is 0 Å². The topological polar surface area (TPSA) is 22.0 Å². The number of hydrogen-bond acceptors (Lipinski definition) is 1. The molecule has 2 heteroatoms. The molecule has 2 heterocycles. The van der Waals surface area contributed by atoms with Crippen LogP contribution in [0.1, 0.15) is 48.2 Å². The number of ketones is 1. The fourth-order valence-electron chi connectivity index (χ4n) is 6.45. The van der Waals surface area contributed by atoms with Crippen LogP contribution in [0.4, 0.5) is 0 Å². The number of fused-ring (bicyclic) bond motifs is 5. The summed E-state index contributed by atoms with van der Waals surface area (Å²) in [4.78, 5) is 13.7. The van der Waals surface area contributed by atoms with Crippen LogP contribution in [0.15, 0.2) is 109 Å². The Labute approximate surface area is 211 Å². The van der Waals surface area contributed by atoms with Gasteiger partial charge in [-0.3, -0.25) is 4.79 Å². The second-order valence-corrected chi connectivity index (χ2v) is 10.8. The summed E-state index contributed by atoms with van der Waals surface area (Å²) < 4.78 is 2.40. The van der Waals surface area contributed by atoms with Gasteiger partial charge >= 0.3 is 0 Å². The largest absolute Gasteiger partial charge is 0.309 e. The van der Waals surface area contributed by atoms with Crippen molar-refractivity contribution in [3.63, 3.8) is 0 Å². The van der Waals surface area contributed by atoms with E-state index in [0.717, 1.165) is 18.4 Å². The highest BCUT2D eigenvalue weighted by Gasteiger charge is 2.36. The quantitative estimate of drug-likeness (QED) is 0.278. The van der Waals surface area contributed by atoms with Crippen LogP contribution in [-0.2, 0) is 5.41 Å². The summed E-state index contributed by atoms with van der Waals surface area (Å²) in [5.41, 5.74) is 8.14. The lowest BCUT2D eigenvalue weighted by atomic mass is 9.73. The zero-order chi connectivity index (χ0) is 24.4. The van der Waals surface area contributed by atoms with Crippen molar-refractivity contribution in [2.45, 2.75) is 32.1 Å². The van der Waals surface area contributed by atoms with Crippen molar-refractivity contribution >= 4 is 27.6 Å². The second-order valence-electron chi connectivity index (χ2n) is 10.8. The Morgan fingerprint density at radius 1 is 0.889 bits per heavy atom. The van der Waals surface area contributed by atoms with Gasteiger partial charge < -0.3 is 4.57 Å². The molecule has 0 spiro atoms. The highest BCUT2D eigenvalue weighted by atomic mass is 16.1. The van der Waals surface area contributed by atoms with Gasteiger partial charge in [-0.1, -0.05) is 92.8 Å². The van der Waals surface area contributed by atoms with E-state index in [-0.39, 0.29) is 17.1 Å². The third kappa shape index (κ3) is 3.00. The van der Waals surface area contributed by atoms with Crippen molar-refractivity contribution in [2.75, 3.05) is 0 Å². The number of aromatic nitrogens is 1. The molecular formula is C34H29NO. The first kappa shape index (κ1) is 21.4. The lowest BCUT2D eigenvalue weighted by molar-refractivity contribution is 0.0945. The highest BCUT2D eigenvalue weighted by molar-refractivity contribution is 6.11. The summed E-state index contributed by atoms with van der Waals surface area (Å²) in [6.45, 7) is 4.58. The van der Waals surface area contributed by atoms with Crippen molar-refractivity contribution in [1.82, 2.24) is 4.57 Å². The molecule has 176 valence electrons. The first-order valence-electron chi connectivity index (χ1n) is 13.0. The Bertz CT molecular complexity index is 1690. The molecule has 0 N–H and O–H groups in total. The van der Waals surface area contributed by atoms with Crippen LogP contribution in [0.5, 0.6) is 0 Å². The number of benzene rings is 3. The number of hydrogen-bond donors (Lipinski definition) is 0. The van der Waals surface area contributed by atoms with Gasteiger partial charge in [0.1, 0.15) is 0 Å². The Hall–Kier alpha value is -3.91. The molecule has 0 amide bonds. The van der Waals surface area contributed by atoms with Gasteiger partial charge in [0.15, 0.2) is 5.78 Å². The molecule has 0 bridgehead atoms. The number of rotatable bonds is 3. The van der Waals surface area contributed by atoms with Gasteiger partial charge in [0.2, 0.25) is 0 Å². The monoisotopic (exact) mass is 467 g/mol. The molecule has 1 aliphatic heterocycles. The van der Waals surface area contributed by atoms with Gasteiger partial charge in [-0.05, 0) is 53.8 Å². The zero-order valence-corrected chi connectivity index (χ0v) is 20.7. The van der Waals surface area contributed by atoms with E-state index in [4.69, 9.17) is 0 Å². The van der Waals surface area contributed by atoms with Gasteiger partial charge in [0.05, 0.1) is 16.7 Å². The van der Waals surface area contributed by atoms with Crippen LogP contribution in [0.3, 0.4) is 0 Å². The smallest absolute Gasteiger partial charge is 0.170 e. The zero-order valence-electron chi connectivity index (χ0n) is 20.7. The van der Waals surface area contributed by atoms with Crippen LogP contribution in [-0.4, -0.2) is 10.4 Å². The summed E-state index contributed by atoms with van der Waals surface area (Å²) in [5, 5.41) is 2.57. The Balaban J connectivity index is 1.29. The minimum Gasteiger partial charge on any atom is -0.309 e. The third-order valence-corrected chi connectivity index (χ3v) is 8.44. The van der Waals surface area contributed by atoms with Gasteiger partial charge in [0.25, 0.3) is 0 Å². The number of Topliss-reactive ketones (excluding diaryl/α,β-unsaturated/α-hetero) is 1. The average Bonchev–Trinajstić information content (AvgIpc) is 3.27. The molecule has 0 saturated carbocycles. The predicted molar refractivity (Wildman–Crippen MR) is 149 cm³/mol. The van der Waals surface area contributed by atoms with E-state index in [9.17, 15) is 4.79 Å². The molecule has 2 atom stereocenters.